The molecule has 0 fully saturated rings. The minimum atomic E-state index is 0.484. The van der Waals surface area contributed by atoms with Gasteiger partial charge in [-0.05, 0) is 25.2 Å². The van der Waals surface area contributed by atoms with Gasteiger partial charge in [0.2, 0.25) is 0 Å². The van der Waals surface area contributed by atoms with Gasteiger partial charge in [0.1, 0.15) is 0 Å². The molecule has 2 N–H and O–H groups in total. The molecule has 1 heteroatoms. The first-order valence-electron chi connectivity index (χ1n) is 3.77. The van der Waals surface area contributed by atoms with E-state index in [1.165, 1.54) is 0 Å². The van der Waals surface area contributed by atoms with E-state index in [0.29, 0.717) is 5.92 Å². The molecule has 0 heterocycles. The van der Waals surface area contributed by atoms with Crippen LogP contribution >= 0.6 is 0 Å². The number of hydrogen-bond donors (Lipinski definition) is 1. The van der Waals surface area contributed by atoms with Crippen LogP contribution in [0.5, 0.6) is 0 Å². The molecule has 0 aromatic rings. The van der Waals surface area contributed by atoms with Crippen LogP contribution in [0.1, 0.15) is 26.2 Å². The van der Waals surface area contributed by atoms with E-state index in [1.54, 1.807) is 0 Å². The second kappa shape index (κ2) is 5.10. The van der Waals surface area contributed by atoms with E-state index in [9.17, 15) is 0 Å². The average Bonchev–Trinajstić information content (AvgIpc) is 1.89. The highest BCUT2D eigenvalue weighted by molar-refractivity contribution is 4.94. The summed E-state index contributed by atoms with van der Waals surface area (Å²) in [6.07, 6.45) is 5.14. The van der Waals surface area contributed by atoms with Crippen molar-refractivity contribution in [3.8, 4) is 0 Å². The summed E-state index contributed by atoms with van der Waals surface area (Å²) in [5.74, 6) is 0.484. The fourth-order valence-corrected chi connectivity index (χ4v) is 0.971. The zero-order valence-electron chi connectivity index (χ0n) is 6.77. The normalized spacial score (nSPS) is 12.5. The molecular weight excluding hydrogens is 122 g/mol. The molecule has 58 valence electrons. The largest absolute Gasteiger partial charge is 0.402 e. The van der Waals surface area contributed by atoms with Crippen LogP contribution in [0.15, 0.2) is 24.9 Å². The van der Waals surface area contributed by atoms with Gasteiger partial charge < -0.3 is 5.73 Å². The minimum Gasteiger partial charge on any atom is -0.402 e. The van der Waals surface area contributed by atoms with E-state index in [-0.39, 0.29) is 0 Å². The molecule has 1 unspecified atom stereocenters. The van der Waals surface area contributed by atoms with Crippen molar-refractivity contribution >= 4 is 0 Å². The van der Waals surface area contributed by atoms with Gasteiger partial charge in [0.15, 0.2) is 0 Å². The molecule has 10 heavy (non-hydrogen) atoms. The Morgan fingerprint density at radius 1 is 1.70 bits per heavy atom. The van der Waals surface area contributed by atoms with Crippen LogP contribution in [0.2, 0.25) is 0 Å². The molecule has 1 atom stereocenters. The van der Waals surface area contributed by atoms with Gasteiger partial charge in [-0.2, -0.15) is 0 Å². The van der Waals surface area contributed by atoms with E-state index in [1.807, 2.05) is 6.08 Å². The van der Waals surface area contributed by atoms with Crippen molar-refractivity contribution in [2.75, 3.05) is 0 Å². The molecule has 0 rings (SSSR count). The van der Waals surface area contributed by atoms with Crippen LogP contribution < -0.4 is 5.73 Å². The van der Waals surface area contributed by atoms with E-state index in [0.717, 1.165) is 25.0 Å². The maximum atomic E-state index is 5.56. The minimum absolute atomic E-state index is 0.484. The van der Waals surface area contributed by atoms with Crippen molar-refractivity contribution in [2.24, 2.45) is 11.7 Å². The molecule has 0 amide bonds. The highest BCUT2D eigenvalue weighted by Crippen LogP contribution is 2.15. The van der Waals surface area contributed by atoms with E-state index in [2.05, 4.69) is 20.1 Å². The van der Waals surface area contributed by atoms with Gasteiger partial charge in [-0.15, -0.1) is 6.58 Å². The first-order valence-corrected chi connectivity index (χ1v) is 3.77. The molecule has 0 bridgehead atoms. The van der Waals surface area contributed by atoms with Crippen LogP contribution in [-0.4, -0.2) is 0 Å². The predicted octanol–water partition coefficient (Wildman–Crippen LogP) is 2.45. The molecule has 0 saturated carbocycles. The van der Waals surface area contributed by atoms with Crippen molar-refractivity contribution in [1.82, 2.24) is 0 Å². The first-order chi connectivity index (χ1) is 4.72. The first kappa shape index (κ1) is 9.28. The van der Waals surface area contributed by atoms with Crippen LogP contribution in [0.4, 0.5) is 0 Å². The Morgan fingerprint density at radius 3 is 2.60 bits per heavy atom. The zero-order valence-corrected chi connectivity index (χ0v) is 6.77. The maximum absolute atomic E-state index is 5.56. The van der Waals surface area contributed by atoms with Crippen LogP contribution in [0.3, 0.4) is 0 Å². The smallest absolute Gasteiger partial charge is 0.00390 e. The summed E-state index contributed by atoms with van der Waals surface area (Å²) in [6, 6.07) is 0. The SMILES string of the molecule is C=CCCC(CC)C(=C)N. The van der Waals surface area contributed by atoms with E-state index >= 15 is 0 Å². The summed E-state index contributed by atoms with van der Waals surface area (Å²) < 4.78 is 0. The Labute approximate surface area is 63.6 Å². The van der Waals surface area contributed by atoms with Crippen molar-refractivity contribution < 1.29 is 0 Å². The summed E-state index contributed by atoms with van der Waals surface area (Å²) in [4.78, 5) is 0. The molecule has 0 spiro atoms. The van der Waals surface area contributed by atoms with Gasteiger partial charge in [-0.25, -0.2) is 0 Å². The highest BCUT2D eigenvalue weighted by atomic mass is 14.6. The Hall–Kier alpha value is -0.720. The lowest BCUT2D eigenvalue weighted by Gasteiger charge is -2.11. The molecular formula is C9H17N. The quantitative estimate of drug-likeness (QED) is 0.582. The average molecular weight is 139 g/mol. The van der Waals surface area contributed by atoms with E-state index in [4.69, 9.17) is 5.73 Å². The fraction of sp³-hybridized carbons (Fsp3) is 0.556. The maximum Gasteiger partial charge on any atom is 0.00390 e. The van der Waals surface area contributed by atoms with Gasteiger partial charge in [0, 0.05) is 5.70 Å². The second-order valence-electron chi connectivity index (χ2n) is 2.55. The van der Waals surface area contributed by atoms with Crippen LogP contribution in [-0.2, 0) is 0 Å². The third-order valence-electron chi connectivity index (χ3n) is 1.74. The third kappa shape index (κ3) is 3.33. The topological polar surface area (TPSA) is 26.0 Å². The monoisotopic (exact) mass is 139 g/mol. The predicted molar refractivity (Wildman–Crippen MR) is 46.5 cm³/mol. The number of hydrogen-bond acceptors (Lipinski definition) is 1. The van der Waals surface area contributed by atoms with Gasteiger partial charge in [0.25, 0.3) is 0 Å². The van der Waals surface area contributed by atoms with Crippen molar-refractivity contribution in [3.05, 3.63) is 24.9 Å². The molecule has 0 aromatic carbocycles. The Kier molecular flexibility index (Phi) is 4.73. The van der Waals surface area contributed by atoms with Crippen LogP contribution in [0.25, 0.3) is 0 Å². The van der Waals surface area contributed by atoms with Crippen molar-refractivity contribution in [1.29, 1.82) is 0 Å². The Balaban J connectivity index is 3.60. The third-order valence-corrected chi connectivity index (χ3v) is 1.74. The Morgan fingerprint density at radius 2 is 2.30 bits per heavy atom. The fourth-order valence-electron chi connectivity index (χ4n) is 0.971. The highest BCUT2D eigenvalue weighted by Gasteiger charge is 2.04. The summed E-state index contributed by atoms with van der Waals surface area (Å²) in [5, 5.41) is 0. The summed E-state index contributed by atoms with van der Waals surface area (Å²) in [6.45, 7) is 9.51. The zero-order chi connectivity index (χ0) is 7.98. The van der Waals surface area contributed by atoms with Gasteiger partial charge in [-0.3, -0.25) is 0 Å². The summed E-state index contributed by atoms with van der Waals surface area (Å²) in [7, 11) is 0. The Bertz CT molecular complexity index is 116. The summed E-state index contributed by atoms with van der Waals surface area (Å²) >= 11 is 0. The summed E-state index contributed by atoms with van der Waals surface area (Å²) in [5.41, 5.74) is 6.37. The molecule has 0 aliphatic heterocycles. The lowest BCUT2D eigenvalue weighted by molar-refractivity contribution is 0.545. The number of allylic oxidation sites excluding steroid dienone is 2. The van der Waals surface area contributed by atoms with Gasteiger partial charge in [-0.1, -0.05) is 19.6 Å². The lowest BCUT2D eigenvalue weighted by Crippen LogP contribution is -2.09. The molecule has 0 aromatic heterocycles. The second-order valence-corrected chi connectivity index (χ2v) is 2.55. The molecule has 0 saturated heterocycles. The number of nitrogens with two attached hydrogens (primary N) is 1. The molecule has 0 radical (unpaired) electrons. The van der Waals surface area contributed by atoms with Crippen molar-refractivity contribution in [3.63, 3.8) is 0 Å². The van der Waals surface area contributed by atoms with Crippen molar-refractivity contribution in [2.45, 2.75) is 26.2 Å². The number of rotatable bonds is 5. The molecule has 0 aliphatic rings. The lowest BCUT2D eigenvalue weighted by atomic mass is 9.98. The molecule has 1 nitrogen and oxygen atoms in total. The standard InChI is InChI=1S/C9H17N/c1-4-6-7-9(5-2)8(3)10/h4,9H,1,3,5-7,10H2,2H3. The van der Waals surface area contributed by atoms with Gasteiger partial charge >= 0.3 is 0 Å². The van der Waals surface area contributed by atoms with Gasteiger partial charge in [0.05, 0.1) is 0 Å². The van der Waals surface area contributed by atoms with E-state index < -0.39 is 0 Å². The van der Waals surface area contributed by atoms with Crippen LogP contribution in [0, 0.1) is 5.92 Å². The molecule has 0 aliphatic carbocycles.